The Bertz CT molecular complexity index is 1430. The van der Waals surface area contributed by atoms with Crippen molar-refractivity contribution in [3.63, 3.8) is 0 Å². The number of hydrogen-bond acceptors (Lipinski definition) is 6. The van der Waals surface area contributed by atoms with Crippen molar-refractivity contribution in [2.24, 2.45) is 0 Å². The lowest BCUT2D eigenvalue weighted by Gasteiger charge is -2.09. The first-order chi connectivity index (χ1) is 16.2. The molecule has 0 saturated heterocycles. The van der Waals surface area contributed by atoms with Crippen LogP contribution in [-0.2, 0) is 5.75 Å². The van der Waals surface area contributed by atoms with E-state index >= 15 is 0 Å². The number of nitrogens with one attached hydrogen (secondary N) is 1. The molecule has 1 amide bonds. The number of nitrogens with zero attached hydrogens (tertiary/aromatic N) is 3. The van der Waals surface area contributed by atoms with E-state index in [0.29, 0.717) is 10.7 Å². The van der Waals surface area contributed by atoms with Crippen LogP contribution in [0.3, 0.4) is 0 Å². The highest BCUT2D eigenvalue weighted by atomic mass is 32.2. The molecule has 0 aliphatic heterocycles. The zero-order valence-electron chi connectivity index (χ0n) is 17.9. The molecular formula is C26H20N4OS2. The summed E-state index contributed by atoms with van der Waals surface area (Å²) in [6.45, 7) is 2.08. The molecule has 3 aromatic carbocycles. The monoisotopic (exact) mass is 468 g/mol. The molecule has 2 aromatic heterocycles. The van der Waals surface area contributed by atoms with Crippen molar-refractivity contribution in [2.75, 3.05) is 5.32 Å². The smallest absolute Gasteiger partial charge is 0.258 e. The number of aryl methyl sites for hydroxylation is 1. The number of amides is 1. The second-order valence-corrected chi connectivity index (χ2v) is 9.74. The molecule has 0 bridgehead atoms. The van der Waals surface area contributed by atoms with Gasteiger partial charge >= 0.3 is 0 Å². The Morgan fingerprint density at radius 1 is 0.939 bits per heavy atom. The van der Waals surface area contributed by atoms with E-state index in [2.05, 4.69) is 46.7 Å². The fraction of sp³-hybridized carbons (Fsp3) is 0.0769. The minimum Gasteiger partial charge on any atom is -0.296 e. The van der Waals surface area contributed by atoms with Gasteiger partial charge in [-0.15, -0.1) is 10.2 Å². The highest BCUT2D eigenvalue weighted by Crippen LogP contribution is 2.30. The summed E-state index contributed by atoms with van der Waals surface area (Å²) in [4.78, 5) is 18.0. The van der Waals surface area contributed by atoms with Gasteiger partial charge in [-0.05, 0) is 24.6 Å². The van der Waals surface area contributed by atoms with E-state index in [1.165, 1.54) is 22.5 Å². The number of thioether (sulfide) groups is 1. The van der Waals surface area contributed by atoms with Crippen LogP contribution in [0.2, 0.25) is 0 Å². The third-order valence-electron chi connectivity index (χ3n) is 5.10. The molecule has 0 atom stereocenters. The van der Waals surface area contributed by atoms with E-state index in [1.54, 1.807) is 11.8 Å². The number of para-hydroxylation sites is 1. The Kier molecular flexibility index (Phi) is 6.15. The molecule has 1 N–H and O–H groups in total. The molecule has 33 heavy (non-hydrogen) atoms. The maximum atomic E-state index is 13.2. The first-order valence-electron chi connectivity index (χ1n) is 10.4. The summed E-state index contributed by atoms with van der Waals surface area (Å²) in [5, 5.41) is 12.6. The molecule has 7 heteroatoms. The van der Waals surface area contributed by atoms with Gasteiger partial charge in [-0.2, -0.15) is 0 Å². The lowest BCUT2D eigenvalue weighted by Crippen LogP contribution is -2.13. The molecule has 0 radical (unpaired) electrons. The van der Waals surface area contributed by atoms with Crippen LogP contribution in [0.1, 0.15) is 21.5 Å². The molecule has 0 unspecified atom stereocenters. The maximum Gasteiger partial charge on any atom is 0.258 e. The van der Waals surface area contributed by atoms with Crippen LogP contribution >= 0.6 is 23.1 Å². The zero-order chi connectivity index (χ0) is 22.6. The van der Waals surface area contributed by atoms with Crippen LogP contribution in [0.4, 0.5) is 5.13 Å². The standard InChI is InChI=1S/C26H20N4OS2/c1-17-8-7-9-18(14-17)16-32-26-30-29-25(33-26)28-24(31)21-15-23(19-10-3-2-4-11-19)27-22-13-6-5-12-20(21)22/h2-15H,16H2,1H3,(H,28,29,31). The Balaban J connectivity index is 1.37. The number of aromatic nitrogens is 3. The molecule has 5 nitrogen and oxygen atoms in total. The predicted molar refractivity (Wildman–Crippen MR) is 136 cm³/mol. The summed E-state index contributed by atoms with van der Waals surface area (Å²) in [5.41, 5.74) is 5.52. The quantitative estimate of drug-likeness (QED) is 0.224. The van der Waals surface area contributed by atoms with Crippen LogP contribution in [-0.4, -0.2) is 21.1 Å². The molecule has 0 aliphatic rings. The van der Waals surface area contributed by atoms with Crippen molar-refractivity contribution >= 4 is 45.0 Å². The second kappa shape index (κ2) is 9.52. The summed E-state index contributed by atoms with van der Waals surface area (Å²) in [6.07, 6.45) is 0. The van der Waals surface area contributed by atoms with Gasteiger partial charge in [0.05, 0.1) is 16.8 Å². The predicted octanol–water partition coefficient (Wildman–Crippen LogP) is 6.61. The lowest BCUT2D eigenvalue weighted by atomic mass is 10.0. The summed E-state index contributed by atoms with van der Waals surface area (Å²) < 4.78 is 0.816. The summed E-state index contributed by atoms with van der Waals surface area (Å²) in [5.74, 6) is 0.580. The number of pyridine rings is 1. The minimum absolute atomic E-state index is 0.225. The molecule has 0 fully saturated rings. The number of fused-ring (bicyclic) bond motifs is 1. The molecule has 5 rings (SSSR count). The Labute approximate surface area is 199 Å². The fourth-order valence-corrected chi connectivity index (χ4v) is 5.24. The van der Waals surface area contributed by atoms with E-state index in [-0.39, 0.29) is 5.91 Å². The van der Waals surface area contributed by atoms with Gasteiger partial charge in [-0.25, -0.2) is 4.98 Å². The third-order valence-corrected chi connectivity index (χ3v) is 7.15. The summed E-state index contributed by atoms with van der Waals surface area (Å²) >= 11 is 2.99. The van der Waals surface area contributed by atoms with Crippen LogP contribution in [0, 0.1) is 6.92 Å². The highest BCUT2D eigenvalue weighted by molar-refractivity contribution is 8.00. The average Bonchev–Trinajstić information content (AvgIpc) is 3.30. The molecule has 162 valence electrons. The maximum absolute atomic E-state index is 13.2. The fourth-order valence-electron chi connectivity index (χ4n) is 3.55. The highest BCUT2D eigenvalue weighted by Gasteiger charge is 2.16. The molecular weight excluding hydrogens is 448 g/mol. The molecule has 0 spiro atoms. The Morgan fingerprint density at radius 3 is 2.61 bits per heavy atom. The van der Waals surface area contributed by atoms with E-state index < -0.39 is 0 Å². The van der Waals surface area contributed by atoms with Gasteiger partial charge in [0.2, 0.25) is 5.13 Å². The van der Waals surface area contributed by atoms with Gasteiger partial charge in [-0.1, -0.05) is 101 Å². The van der Waals surface area contributed by atoms with Crippen molar-refractivity contribution in [1.82, 2.24) is 15.2 Å². The van der Waals surface area contributed by atoms with Crippen molar-refractivity contribution in [3.05, 3.63) is 102 Å². The van der Waals surface area contributed by atoms with Gasteiger partial charge < -0.3 is 0 Å². The van der Waals surface area contributed by atoms with Crippen molar-refractivity contribution in [3.8, 4) is 11.3 Å². The summed E-state index contributed by atoms with van der Waals surface area (Å²) in [7, 11) is 0. The van der Waals surface area contributed by atoms with Gasteiger partial charge in [-0.3, -0.25) is 10.1 Å². The van der Waals surface area contributed by atoms with Crippen LogP contribution in [0.25, 0.3) is 22.2 Å². The minimum atomic E-state index is -0.225. The second-order valence-electron chi connectivity index (χ2n) is 7.54. The lowest BCUT2D eigenvalue weighted by molar-refractivity contribution is 0.102. The third kappa shape index (κ3) is 4.94. The molecule has 0 saturated carbocycles. The molecule has 2 heterocycles. The van der Waals surface area contributed by atoms with E-state index in [4.69, 9.17) is 4.98 Å². The van der Waals surface area contributed by atoms with E-state index in [0.717, 1.165) is 32.3 Å². The van der Waals surface area contributed by atoms with Gasteiger partial charge in [0.1, 0.15) is 0 Å². The topological polar surface area (TPSA) is 67.8 Å². The van der Waals surface area contributed by atoms with Crippen LogP contribution in [0.5, 0.6) is 0 Å². The molecule has 0 aliphatic carbocycles. The largest absolute Gasteiger partial charge is 0.296 e. The van der Waals surface area contributed by atoms with Gasteiger partial charge in [0.25, 0.3) is 5.91 Å². The average molecular weight is 469 g/mol. The van der Waals surface area contributed by atoms with E-state index in [1.807, 2.05) is 60.7 Å². The number of carbonyl (C=O) groups is 1. The number of carbonyl (C=O) groups excluding carboxylic acids is 1. The van der Waals surface area contributed by atoms with Gasteiger partial charge in [0.15, 0.2) is 4.34 Å². The first kappa shape index (κ1) is 21.3. The van der Waals surface area contributed by atoms with Crippen LogP contribution in [0.15, 0.2) is 89.3 Å². The number of anilines is 1. The number of rotatable bonds is 6. The molecule has 5 aromatic rings. The van der Waals surface area contributed by atoms with E-state index in [9.17, 15) is 4.79 Å². The number of benzene rings is 3. The van der Waals surface area contributed by atoms with Crippen molar-refractivity contribution in [2.45, 2.75) is 17.0 Å². The first-order valence-corrected chi connectivity index (χ1v) is 12.2. The Hall–Kier alpha value is -3.55. The van der Waals surface area contributed by atoms with Crippen LogP contribution < -0.4 is 5.32 Å². The SMILES string of the molecule is Cc1cccc(CSc2nnc(NC(=O)c3cc(-c4ccccc4)nc4ccccc34)s2)c1. The van der Waals surface area contributed by atoms with Gasteiger partial charge in [0, 0.05) is 16.7 Å². The summed E-state index contributed by atoms with van der Waals surface area (Å²) in [6, 6.07) is 27.8. The zero-order valence-corrected chi connectivity index (χ0v) is 19.5. The van der Waals surface area contributed by atoms with Crippen molar-refractivity contribution in [1.29, 1.82) is 0 Å². The number of hydrogen-bond donors (Lipinski definition) is 1. The van der Waals surface area contributed by atoms with Crippen molar-refractivity contribution < 1.29 is 4.79 Å². The normalized spacial score (nSPS) is 10.9. The Morgan fingerprint density at radius 2 is 1.76 bits per heavy atom.